The normalized spacial score (nSPS) is 23.3. The molecular weight excluding hydrogens is 959 g/mol. The van der Waals surface area contributed by atoms with E-state index < -0.39 is 76.5 Å². The molecular formula is C56H92F2O12Si2. The highest BCUT2D eigenvalue weighted by atomic mass is 28.4. The van der Waals surface area contributed by atoms with Gasteiger partial charge in [-0.05, 0) is 132 Å². The molecule has 0 radical (unpaired) electrons. The summed E-state index contributed by atoms with van der Waals surface area (Å²) in [5, 5.41) is 9.69. The highest BCUT2D eigenvalue weighted by Crippen LogP contribution is 2.41. The molecule has 2 aromatic rings. The maximum Gasteiger partial charge on any atom is 0.192 e. The molecule has 2 fully saturated rings. The Hall–Kier alpha value is -2.88. The SMILES string of the molecule is COc1ccc(CO[C@H](/C(F)=C\[C@@H](C)[C@H](C)O[Si](C)(C)C(C)(C)C)[C@H]2OC(C)(C)O[C@H]2CC=O)cc1.COc1ccc(CO[C@H](/C(F)=C\[C@@H](C)[C@H](C)O[Si](C)(C)C(C)(C)C)[C@H]2OC(C)(C)O[C@H]2CCO)cc1. The predicted molar refractivity (Wildman–Crippen MR) is 285 cm³/mol. The summed E-state index contributed by atoms with van der Waals surface area (Å²) in [6.07, 6.45) is -0.648. The number of aliphatic hydroxyl groups excluding tert-OH is 1. The zero-order valence-electron chi connectivity index (χ0n) is 47.4. The summed E-state index contributed by atoms with van der Waals surface area (Å²) in [5.74, 6) is -1.65. The van der Waals surface area contributed by atoms with Crippen molar-refractivity contribution in [2.75, 3.05) is 20.8 Å². The summed E-state index contributed by atoms with van der Waals surface area (Å²) >= 11 is 0. The van der Waals surface area contributed by atoms with E-state index in [4.69, 9.17) is 46.7 Å². The second-order valence-corrected chi connectivity index (χ2v) is 32.9. The zero-order valence-corrected chi connectivity index (χ0v) is 49.4. The molecule has 0 aromatic heterocycles. The molecule has 2 aromatic carbocycles. The molecule has 410 valence electrons. The molecule has 2 heterocycles. The monoisotopic (exact) mass is 1050 g/mol. The third kappa shape index (κ3) is 18.7. The highest BCUT2D eigenvalue weighted by molar-refractivity contribution is 6.74. The Morgan fingerprint density at radius 3 is 1.31 bits per heavy atom. The fraction of sp³-hybridized carbons (Fsp3) is 0.696. The van der Waals surface area contributed by atoms with Crippen LogP contribution in [0.2, 0.25) is 36.3 Å². The minimum absolute atomic E-state index is 0.0515. The molecule has 0 unspecified atom stereocenters. The Morgan fingerprint density at radius 1 is 0.639 bits per heavy atom. The van der Waals surface area contributed by atoms with Gasteiger partial charge < -0.3 is 56.6 Å². The van der Waals surface area contributed by atoms with Gasteiger partial charge in [0.1, 0.15) is 53.9 Å². The molecule has 16 heteroatoms. The van der Waals surface area contributed by atoms with Crippen molar-refractivity contribution in [3.05, 3.63) is 83.5 Å². The first-order valence-electron chi connectivity index (χ1n) is 25.5. The van der Waals surface area contributed by atoms with Crippen LogP contribution in [0.25, 0.3) is 0 Å². The van der Waals surface area contributed by atoms with Crippen molar-refractivity contribution in [3.63, 3.8) is 0 Å². The number of ether oxygens (including phenoxy) is 8. The number of methoxy groups -OCH3 is 2. The molecule has 0 aliphatic carbocycles. The van der Waals surface area contributed by atoms with Crippen molar-refractivity contribution >= 4 is 22.9 Å². The van der Waals surface area contributed by atoms with Gasteiger partial charge in [-0.1, -0.05) is 79.7 Å². The number of halogens is 2. The van der Waals surface area contributed by atoms with Crippen LogP contribution in [0.15, 0.2) is 72.3 Å². The van der Waals surface area contributed by atoms with E-state index in [1.807, 2.05) is 76.2 Å². The number of aliphatic hydroxyl groups is 1. The molecule has 12 nitrogen and oxygen atoms in total. The lowest BCUT2D eigenvalue weighted by molar-refractivity contribution is -0.159. The average molecular weight is 1050 g/mol. The quantitative estimate of drug-likeness (QED) is 0.0793. The molecule has 2 saturated heterocycles. The van der Waals surface area contributed by atoms with Gasteiger partial charge in [-0.2, -0.15) is 0 Å². The summed E-state index contributed by atoms with van der Waals surface area (Å²) in [6, 6.07) is 14.9. The van der Waals surface area contributed by atoms with Gasteiger partial charge in [0.05, 0.1) is 39.6 Å². The summed E-state index contributed by atoms with van der Waals surface area (Å²) < 4.78 is 91.6. The van der Waals surface area contributed by atoms with Gasteiger partial charge in [0.2, 0.25) is 0 Å². The van der Waals surface area contributed by atoms with Gasteiger partial charge in [-0.15, -0.1) is 0 Å². The van der Waals surface area contributed by atoms with E-state index >= 15 is 8.78 Å². The van der Waals surface area contributed by atoms with Crippen LogP contribution in [-0.4, -0.2) is 109 Å². The Morgan fingerprint density at radius 2 is 0.986 bits per heavy atom. The van der Waals surface area contributed by atoms with E-state index in [2.05, 4.69) is 67.7 Å². The first-order chi connectivity index (χ1) is 33.2. The summed E-state index contributed by atoms with van der Waals surface area (Å²) in [4.78, 5) is 11.3. The van der Waals surface area contributed by atoms with E-state index in [1.54, 1.807) is 54.1 Å². The Labute approximate surface area is 434 Å². The van der Waals surface area contributed by atoms with Crippen LogP contribution in [0.3, 0.4) is 0 Å². The fourth-order valence-electron chi connectivity index (χ4n) is 7.81. The van der Waals surface area contributed by atoms with E-state index in [0.717, 1.165) is 28.9 Å². The van der Waals surface area contributed by atoms with Crippen molar-refractivity contribution in [2.24, 2.45) is 11.8 Å². The Balaban J connectivity index is 0.000000380. The second-order valence-electron chi connectivity index (χ2n) is 23.3. The van der Waals surface area contributed by atoms with Crippen LogP contribution in [0.4, 0.5) is 8.78 Å². The van der Waals surface area contributed by atoms with E-state index in [-0.39, 0.29) is 60.4 Å². The largest absolute Gasteiger partial charge is 0.497 e. The average Bonchev–Trinajstić information content (AvgIpc) is 3.75. The first kappa shape index (κ1) is 63.4. The van der Waals surface area contributed by atoms with E-state index in [1.165, 1.54) is 0 Å². The van der Waals surface area contributed by atoms with Gasteiger partial charge in [0.15, 0.2) is 28.2 Å². The molecule has 10 atom stereocenters. The lowest BCUT2D eigenvalue weighted by atomic mass is 10.00. The molecule has 72 heavy (non-hydrogen) atoms. The van der Waals surface area contributed by atoms with E-state index in [9.17, 15) is 9.90 Å². The second kappa shape index (κ2) is 26.7. The third-order valence-corrected chi connectivity index (χ3v) is 23.5. The first-order valence-corrected chi connectivity index (χ1v) is 31.4. The number of hydrogen-bond acceptors (Lipinski definition) is 12. The number of carbonyl (C=O) groups is 1. The Kier molecular flexibility index (Phi) is 23.6. The van der Waals surface area contributed by atoms with Crippen LogP contribution < -0.4 is 9.47 Å². The molecule has 0 amide bonds. The summed E-state index contributed by atoms with van der Waals surface area (Å²) in [6.45, 7) is 37.1. The van der Waals surface area contributed by atoms with Crippen LogP contribution in [0.5, 0.6) is 11.5 Å². The van der Waals surface area contributed by atoms with Gasteiger partial charge in [0.25, 0.3) is 0 Å². The number of hydrogen-bond donors (Lipinski definition) is 1. The summed E-state index contributed by atoms with van der Waals surface area (Å²) in [5.41, 5.74) is 1.74. The van der Waals surface area contributed by atoms with Crippen molar-refractivity contribution in [3.8, 4) is 11.5 Å². The molecule has 2 aliphatic rings. The zero-order chi connectivity index (χ0) is 54.6. The summed E-state index contributed by atoms with van der Waals surface area (Å²) in [7, 11) is -0.815. The van der Waals surface area contributed by atoms with Crippen LogP contribution in [-0.2, 0) is 55.3 Å². The number of aldehydes is 1. The maximum atomic E-state index is 16.0. The highest BCUT2D eigenvalue weighted by Gasteiger charge is 2.49. The molecule has 0 spiro atoms. The number of rotatable bonds is 24. The van der Waals surface area contributed by atoms with Gasteiger partial charge in [-0.3, -0.25) is 0 Å². The minimum Gasteiger partial charge on any atom is -0.497 e. The third-order valence-electron chi connectivity index (χ3n) is 14.4. The van der Waals surface area contributed by atoms with Gasteiger partial charge in [0, 0.05) is 37.1 Å². The Bertz CT molecular complexity index is 2010. The molecule has 2 aliphatic heterocycles. The number of benzene rings is 2. The lowest BCUT2D eigenvalue weighted by Crippen LogP contribution is -2.44. The standard InChI is InChI=1S/C28H47FO6Si.C28H45FO6Si/c2*1-19(20(2)35-36(9,10)27(3,4)5)17-23(29)25(26-24(15-16-30)33-28(6,7)34-26)32-18-21-11-13-22(31-8)14-12-21/h11-14,17,19-20,24-26,30H,15-16,18H2,1-10H3;11-14,16-17,19-20,24-26H,15,18H2,1-10H3/b2*23-17+/t2*19-,20+,24+,25-,26+/m11/s1. The molecule has 1 N–H and O–H groups in total. The number of carbonyl (C=O) groups excluding carboxylic acids is 1. The smallest absolute Gasteiger partial charge is 0.192 e. The van der Waals surface area contributed by atoms with Gasteiger partial charge >= 0.3 is 0 Å². The van der Waals surface area contributed by atoms with E-state index in [0.29, 0.717) is 6.42 Å². The van der Waals surface area contributed by atoms with Crippen LogP contribution in [0, 0.1) is 11.8 Å². The van der Waals surface area contributed by atoms with Crippen molar-refractivity contribution in [2.45, 2.75) is 220 Å². The maximum absolute atomic E-state index is 16.0. The van der Waals surface area contributed by atoms with Crippen molar-refractivity contribution < 1.29 is 65.4 Å². The molecule has 0 saturated carbocycles. The van der Waals surface area contributed by atoms with Crippen LogP contribution in [0.1, 0.15) is 121 Å². The van der Waals surface area contributed by atoms with Crippen molar-refractivity contribution in [1.29, 1.82) is 0 Å². The van der Waals surface area contributed by atoms with Gasteiger partial charge in [-0.25, -0.2) is 8.78 Å². The van der Waals surface area contributed by atoms with Crippen molar-refractivity contribution in [1.82, 2.24) is 0 Å². The lowest BCUT2D eigenvalue weighted by Gasteiger charge is -2.39. The molecule has 4 rings (SSSR count). The molecule has 0 bridgehead atoms. The predicted octanol–water partition coefficient (Wildman–Crippen LogP) is 13.0. The minimum atomic E-state index is -2.02. The fourth-order valence-corrected chi connectivity index (χ4v) is 10.8. The van der Waals surface area contributed by atoms with Crippen LogP contribution >= 0.6 is 0 Å². The topological polar surface area (TPSA) is 130 Å².